The summed E-state index contributed by atoms with van der Waals surface area (Å²) in [4.78, 5) is 15.6. The maximum atomic E-state index is 10.9. The first-order valence-corrected chi connectivity index (χ1v) is 6.95. The topological polar surface area (TPSA) is 62.2 Å². The molecule has 2 rings (SSSR count). The number of aryl methyl sites for hydroxylation is 1. The lowest BCUT2D eigenvalue weighted by Gasteiger charge is -2.14. The molecular formula is C12H18N2O2S. The molecule has 1 saturated carbocycles. The van der Waals surface area contributed by atoms with Gasteiger partial charge in [-0.15, -0.1) is 0 Å². The molecule has 4 nitrogen and oxygen atoms in total. The van der Waals surface area contributed by atoms with Gasteiger partial charge >= 0.3 is 5.97 Å². The number of anilines is 1. The van der Waals surface area contributed by atoms with Crippen LogP contribution in [0.25, 0.3) is 0 Å². The molecule has 0 spiro atoms. The number of carbonyl (C=O) groups is 1. The van der Waals surface area contributed by atoms with Gasteiger partial charge in [-0.1, -0.05) is 37.0 Å². The van der Waals surface area contributed by atoms with Crippen molar-refractivity contribution in [3.8, 4) is 0 Å². The molecule has 1 fully saturated rings. The van der Waals surface area contributed by atoms with Crippen LogP contribution in [0.3, 0.4) is 0 Å². The highest BCUT2D eigenvalue weighted by Gasteiger charge is 2.17. The van der Waals surface area contributed by atoms with E-state index in [0.717, 1.165) is 5.13 Å². The molecule has 1 aromatic heterocycles. The van der Waals surface area contributed by atoms with Gasteiger partial charge in [0.15, 0.2) is 5.13 Å². The lowest BCUT2D eigenvalue weighted by Crippen LogP contribution is -2.17. The van der Waals surface area contributed by atoms with Crippen LogP contribution in [0, 0.1) is 6.92 Å². The number of rotatable bonds is 3. The summed E-state index contributed by atoms with van der Waals surface area (Å²) >= 11 is 1.25. The molecule has 1 aliphatic rings. The highest BCUT2D eigenvalue weighted by molar-refractivity contribution is 7.17. The Balaban J connectivity index is 2.02. The van der Waals surface area contributed by atoms with Gasteiger partial charge in [0, 0.05) is 6.04 Å². The van der Waals surface area contributed by atoms with Gasteiger partial charge in [-0.2, -0.15) is 0 Å². The molecule has 94 valence electrons. The average Bonchev–Trinajstić information content (AvgIpc) is 2.50. The van der Waals surface area contributed by atoms with E-state index in [2.05, 4.69) is 10.3 Å². The maximum absolute atomic E-state index is 10.9. The third-order valence-corrected chi connectivity index (χ3v) is 4.25. The Labute approximate surface area is 105 Å². The van der Waals surface area contributed by atoms with Crippen LogP contribution in [0.5, 0.6) is 0 Å². The van der Waals surface area contributed by atoms with Crippen molar-refractivity contribution in [2.75, 3.05) is 5.32 Å². The summed E-state index contributed by atoms with van der Waals surface area (Å²) in [7, 11) is 0. The molecule has 1 heterocycles. The summed E-state index contributed by atoms with van der Waals surface area (Å²) in [5, 5.41) is 13.1. The van der Waals surface area contributed by atoms with Crippen LogP contribution in [0.15, 0.2) is 0 Å². The SMILES string of the molecule is Cc1nc(NC2CCCCCC2)sc1C(=O)O. The van der Waals surface area contributed by atoms with E-state index < -0.39 is 5.97 Å². The van der Waals surface area contributed by atoms with Crippen molar-refractivity contribution in [3.05, 3.63) is 10.6 Å². The minimum Gasteiger partial charge on any atom is -0.477 e. The van der Waals surface area contributed by atoms with Crippen molar-refractivity contribution in [2.45, 2.75) is 51.5 Å². The Morgan fingerprint density at radius 1 is 1.35 bits per heavy atom. The minimum absolute atomic E-state index is 0.348. The van der Waals surface area contributed by atoms with E-state index in [-0.39, 0.29) is 0 Å². The number of nitrogens with one attached hydrogen (secondary N) is 1. The molecular weight excluding hydrogens is 236 g/mol. The van der Waals surface area contributed by atoms with Crippen LogP contribution in [0.2, 0.25) is 0 Å². The summed E-state index contributed by atoms with van der Waals surface area (Å²) in [5.74, 6) is -0.881. The van der Waals surface area contributed by atoms with Gasteiger partial charge in [-0.25, -0.2) is 9.78 Å². The monoisotopic (exact) mass is 254 g/mol. The first kappa shape index (κ1) is 12.4. The lowest BCUT2D eigenvalue weighted by molar-refractivity contribution is 0.0701. The maximum Gasteiger partial charge on any atom is 0.347 e. The van der Waals surface area contributed by atoms with Crippen molar-refractivity contribution in [2.24, 2.45) is 0 Å². The van der Waals surface area contributed by atoms with Gasteiger partial charge in [-0.05, 0) is 19.8 Å². The van der Waals surface area contributed by atoms with Gasteiger partial charge in [0.2, 0.25) is 0 Å². The fraction of sp³-hybridized carbons (Fsp3) is 0.667. The number of aromatic carboxylic acids is 1. The van der Waals surface area contributed by atoms with Gasteiger partial charge in [-0.3, -0.25) is 0 Å². The quantitative estimate of drug-likeness (QED) is 0.812. The highest BCUT2D eigenvalue weighted by Crippen LogP contribution is 2.26. The van der Waals surface area contributed by atoms with Crippen molar-refractivity contribution in [1.29, 1.82) is 0 Å². The molecule has 0 unspecified atom stereocenters. The van der Waals surface area contributed by atoms with Gasteiger partial charge < -0.3 is 10.4 Å². The fourth-order valence-electron chi connectivity index (χ4n) is 2.25. The first-order chi connectivity index (χ1) is 8.16. The van der Waals surface area contributed by atoms with Crippen LogP contribution in [0.4, 0.5) is 5.13 Å². The molecule has 0 aliphatic heterocycles. The zero-order valence-electron chi connectivity index (χ0n) is 10.0. The van der Waals surface area contributed by atoms with Gasteiger partial charge in [0.1, 0.15) is 4.88 Å². The summed E-state index contributed by atoms with van der Waals surface area (Å²) in [6, 6.07) is 0.463. The molecule has 0 amide bonds. The number of hydrogen-bond acceptors (Lipinski definition) is 4. The number of hydrogen-bond donors (Lipinski definition) is 2. The van der Waals surface area contributed by atoms with E-state index in [1.165, 1.54) is 49.9 Å². The Morgan fingerprint density at radius 2 is 2.00 bits per heavy atom. The molecule has 1 aromatic rings. The minimum atomic E-state index is -0.881. The number of carboxylic acid groups (broad SMARTS) is 1. The van der Waals surface area contributed by atoms with Crippen LogP contribution in [-0.4, -0.2) is 22.1 Å². The largest absolute Gasteiger partial charge is 0.477 e. The van der Waals surface area contributed by atoms with Crippen LogP contribution in [0.1, 0.15) is 53.9 Å². The second-order valence-electron chi connectivity index (χ2n) is 4.57. The van der Waals surface area contributed by atoms with Crippen LogP contribution in [-0.2, 0) is 0 Å². The molecule has 0 bridgehead atoms. The number of carboxylic acids is 1. The van der Waals surface area contributed by atoms with Crippen LogP contribution < -0.4 is 5.32 Å². The second-order valence-corrected chi connectivity index (χ2v) is 5.57. The van der Waals surface area contributed by atoms with E-state index in [4.69, 9.17) is 5.11 Å². The van der Waals surface area contributed by atoms with Crippen molar-refractivity contribution >= 4 is 22.4 Å². The molecule has 0 aromatic carbocycles. The summed E-state index contributed by atoms with van der Waals surface area (Å²) in [6.07, 6.45) is 7.48. The molecule has 0 radical (unpaired) electrons. The summed E-state index contributed by atoms with van der Waals surface area (Å²) < 4.78 is 0. The third-order valence-electron chi connectivity index (χ3n) is 3.17. The first-order valence-electron chi connectivity index (χ1n) is 6.14. The van der Waals surface area contributed by atoms with Crippen molar-refractivity contribution in [3.63, 3.8) is 0 Å². The molecule has 17 heavy (non-hydrogen) atoms. The van der Waals surface area contributed by atoms with E-state index in [0.29, 0.717) is 16.6 Å². The van der Waals surface area contributed by atoms with Crippen LogP contribution >= 0.6 is 11.3 Å². The standard InChI is InChI=1S/C12H18N2O2S/c1-8-10(11(15)16)17-12(13-8)14-9-6-4-2-3-5-7-9/h9H,2-7H2,1H3,(H,13,14)(H,15,16). The highest BCUT2D eigenvalue weighted by atomic mass is 32.1. The fourth-order valence-corrected chi connectivity index (χ4v) is 3.14. The molecule has 5 heteroatoms. The van der Waals surface area contributed by atoms with E-state index in [1.54, 1.807) is 6.92 Å². The van der Waals surface area contributed by atoms with E-state index in [9.17, 15) is 4.79 Å². The smallest absolute Gasteiger partial charge is 0.347 e. The van der Waals surface area contributed by atoms with E-state index >= 15 is 0 Å². The van der Waals surface area contributed by atoms with E-state index in [1.807, 2.05) is 0 Å². The van der Waals surface area contributed by atoms with Crippen molar-refractivity contribution in [1.82, 2.24) is 4.98 Å². The molecule has 0 saturated heterocycles. The third kappa shape index (κ3) is 3.19. The van der Waals surface area contributed by atoms with Gasteiger partial charge in [0.05, 0.1) is 5.69 Å². The zero-order chi connectivity index (χ0) is 12.3. The normalized spacial score (nSPS) is 17.7. The lowest BCUT2D eigenvalue weighted by atomic mass is 10.1. The Kier molecular flexibility index (Phi) is 3.99. The number of thiazole rings is 1. The Bertz CT molecular complexity index is 395. The van der Waals surface area contributed by atoms with Gasteiger partial charge in [0.25, 0.3) is 0 Å². The number of nitrogens with zero attached hydrogens (tertiary/aromatic N) is 1. The van der Waals surface area contributed by atoms with Crippen molar-refractivity contribution < 1.29 is 9.90 Å². The Morgan fingerprint density at radius 3 is 2.53 bits per heavy atom. The predicted molar refractivity (Wildman–Crippen MR) is 68.9 cm³/mol. The molecule has 1 aliphatic carbocycles. The molecule has 2 N–H and O–H groups in total. The molecule has 0 atom stereocenters. The predicted octanol–water partition coefficient (Wildman–Crippen LogP) is 3.28. The summed E-state index contributed by atoms with van der Waals surface area (Å²) in [5.41, 5.74) is 0.610. The number of aromatic nitrogens is 1. The average molecular weight is 254 g/mol. The Hall–Kier alpha value is -1.10. The zero-order valence-corrected chi connectivity index (χ0v) is 10.8. The summed E-state index contributed by atoms with van der Waals surface area (Å²) in [6.45, 7) is 1.75. The second kappa shape index (κ2) is 5.49.